The Bertz CT molecular complexity index is 412. The minimum atomic E-state index is -0.139. The molecule has 17 heavy (non-hydrogen) atoms. The molecule has 1 aromatic rings. The Labute approximate surface area is 102 Å². The molecule has 1 amide bonds. The van der Waals surface area contributed by atoms with E-state index in [1.807, 2.05) is 31.2 Å². The molecule has 3 N–H and O–H groups in total. The molecule has 3 nitrogen and oxygen atoms in total. The Morgan fingerprint density at radius 2 is 2.12 bits per heavy atom. The first-order valence-electron chi connectivity index (χ1n) is 6.23. The molecule has 0 bridgehead atoms. The van der Waals surface area contributed by atoms with Crippen LogP contribution >= 0.6 is 0 Å². The van der Waals surface area contributed by atoms with Gasteiger partial charge in [-0.15, -0.1) is 0 Å². The summed E-state index contributed by atoms with van der Waals surface area (Å²) in [7, 11) is 0. The van der Waals surface area contributed by atoms with Crippen molar-refractivity contribution in [3.8, 4) is 0 Å². The molecule has 2 rings (SSSR count). The zero-order chi connectivity index (χ0) is 12.4. The zero-order valence-corrected chi connectivity index (χ0v) is 10.4. The molecule has 1 saturated carbocycles. The normalized spacial score (nSPS) is 18.5. The van der Waals surface area contributed by atoms with Gasteiger partial charge >= 0.3 is 0 Å². The molecule has 0 aliphatic heterocycles. The van der Waals surface area contributed by atoms with Crippen LogP contribution in [0.2, 0.25) is 0 Å². The van der Waals surface area contributed by atoms with Gasteiger partial charge in [-0.3, -0.25) is 4.79 Å². The summed E-state index contributed by atoms with van der Waals surface area (Å²) in [6.45, 7) is 4.01. The van der Waals surface area contributed by atoms with E-state index in [4.69, 9.17) is 5.73 Å². The van der Waals surface area contributed by atoms with Crippen LogP contribution < -0.4 is 11.1 Å². The number of hydrogen-bond donors (Lipinski definition) is 2. The van der Waals surface area contributed by atoms with Gasteiger partial charge in [0.15, 0.2) is 0 Å². The largest absolute Gasteiger partial charge is 0.399 e. The van der Waals surface area contributed by atoms with Crippen molar-refractivity contribution in [3.63, 3.8) is 0 Å². The summed E-state index contributed by atoms with van der Waals surface area (Å²) in [5.41, 5.74) is 7.41. The first-order valence-corrected chi connectivity index (χ1v) is 6.23. The first kappa shape index (κ1) is 12.0. The maximum absolute atomic E-state index is 12.0. The summed E-state index contributed by atoms with van der Waals surface area (Å²) in [5, 5.41) is 3.08. The second-order valence-electron chi connectivity index (χ2n) is 5.03. The van der Waals surface area contributed by atoms with E-state index >= 15 is 0 Å². The summed E-state index contributed by atoms with van der Waals surface area (Å²) < 4.78 is 0. The number of carbonyl (C=O) groups is 1. The molecule has 0 aromatic heterocycles. The molecule has 0 radical (unpaired) electrons. The van der Waals surface area contributed by atoms with Crippen LogP contribution in [0.15, 0.2) is 24.3 Å². The zero-order valence-electron chi connectivity index (χ0n) is 10.4. The lowest BCUT2D eigenvalue weighted by molar-refractivity contribution is -0.122. The van der Waals surface area contributed by atoms with E-state index in [9.17, 15) is 4.79 Å². The van der Waals surface area contributed by atoms with Gasteiger partial charge in [0.2, 0.25) is 5.91 Å². The van der Waals surface area contributed by atoms with Crippen molar-refractivity contribution in [3.05, 3.63) is 29.8 Å². The van der Waals surface area contributed by atoms with Crippen LogP contribution in [0.5, 0.6) is 0 Å². The second-order valence-corrected chi connectivity index (χ2v) is 5.03. The quantitative estimate of drug-likeness (QED) is 0.782. The average molecular weight is 232 g/mol. The highest BCUT2D eigenvalue weighted by Gasteiger charge is 2.30. The Hall–Kier alpha value is -1.51. The number of amides is 1. The molecule has 1 aliphatic rings. The Morgan fingerprint density at radius 1 is 1.41 bits per heavy atom. The molecule has 0 spiro atoms. The molecule has 2 atom stereocenters. The molecule has 0 saturated heterocycles. The number of nitrogens with one attached hydrogen (secondary N) is 1. The van der Waals surface area contributed by atoms with E-state index in [2.05, 4.69) is 12.2 Å². The van der Waals surface area contributed by atoms with E-state index in [1.165, 1.54) is 12.8 Å². The number of hydrogen-bond acceptors (Lipinski definition) is 2. The third kappa shape index (κ3) is 2.99. The standard InChI is InChI=1S/C14H20N2O/c1-9(12-4-3-5-13(15)8-12)14(17)16-10(2)11-6-7-11/h3-5,8-11H,6-7,15H2,1-2H3,(H,16,17). The van der Waals surface area contributed by atoms with Gasteiger partial charge in [-0.05, 0) is 50.3 Å². The van der Waals surface area contributed by atoms with Gasteiger partial charge in [0.1, 0.15) is 0 Å². The molecule has 92 valence electrons. The topological polar surface area (TPSA) is 55.1 Å². The van der Waals surface area contributed by atoms with E-state index < -0.39 is 0 Å². The fraction of sp³-hybridized carbons (Fsp3) is 0.500. The van der Waals surface area contributed by atoms with Crippen molar-refractivity contribution < 1.29 is 4.79 Å². The van der Waals surface area contributed by atoms with Crippen LogP contribution in [0.3, 0.4) is 0 Å². The highest BCUT2D eigenvalue weighted by Crippen LogP contribution is 2.32. The van der Waals surface area contributed by atoms with Crippen LogP contribution in [0.25, 0.3) is 0 Å². The highest BCUT2D eigenvalue weighted by molar-refractivity contribution is 5.83. The lowest BCUT2D eigenvalue weighted by Crippen LogP contribution is -2.36. The third-order valence-electron chi connectivity index (χ3n) is 3.50. The molecular formula is C14H20N2O. The Morgan fingerprint density at radius 3 is 2.71 bits per heavy atom. The van der Waals surface area contributed by atoms with Crippen molar-refractivity contribution in [1.82, 2.24) is 5.32 Å². The van der Waals surface area contributed by atoms with E-state index in [0.29, 0.717) is 17.6 Å². The summed E-state index contributed by atoms with van der Waals surface area (Å²) in [6.07, 6.45) is 2.49. The van der Waals surface area contributed by atoms with Gasteiger partial charge < -0.3 is 11.1 Å². The molecule has 1 fully saturated rings. The van der Waals surface area contributed by atoms with E-state index in [1.54, 1.807) is 0 Å². The van der Waals surface area contributed by atoms with Crippen molar-refractivity contribution in [2.24, 2.45) is 5.92 Å². The van der Waals surface area contributed by atoms with Crippen molar-refractivity contribution in [2.45, 2.75) is 38.6 Å². The minimum Gasteiger partial charge on any atom is -0.399 e. The third-order valence-corrected chi connectivity index (χ3v) is 3.50. The SMILES string of the molecule is CC(C(=O)NC(C)C1CC1)c1cccc(N)c1. The number of carbonyl (C=O) groups excluding carboxylic acids is 1. The Balaban J connectivity index is 1.98. The van der Waals surface area contributed by atoms with Gasteiger partial charge in [-0.1, -0.05) is 12.1 Å². The van der Waals surface area contributed by atoms with Gasteiger partial charge in [-0.25, -0.2) is 0 Å². The minimum absolute atomic E-state index is 0.0926. The number of nitrogen functional groups attached to an aromatic ring is 1. The van der Waals surface area contributed by atoms with Crippen LogP contribution in [0, 0.1) is 5.92 Å². The van der Waals surface area contributed by atoms with Crippen molar-refractivity contribution in [2.75, 3.05) is 5.73 Å². The summed E-state index contributed by atoms with van der Waals surface area (Å²) in [4.78, 5) is 12.0. The molecule has 1 aromatic carbocycles. The molecule has 0 heterocycles. The predicted molar refractivity (Wildman–Crippen MR) is 69.6 cm³/mol. The fourth-order valence-electron chi connectivity index (χ4n) is 2.04. The predicted octanol–water partition coefficient (Wildman–Crippen LogP) is 2.29. The average Bonchev–Trinajstić information content (AvgIpc) is 3.11. The molecule has 2 unspecified atom stereocenters. The maximum atomic E-state index is 12.0. The number of anilines is 1. The lowest BCUT2D eigenvalue weighted by Gasteiger charge is -2.17. The first-order chi connectivity index (χ1) is 8.08. The fourth-order valence-corrected chi connectivity index (χ4v) is 2.04. The van der Waals surface area contributed by atoms with Crippen molar-refractivity contribution in [1.29, 1.82) is 0 Å². The molecular weight excluding hydrogens is 212 g/mol. The number of benzene rings is 1. The summed E-state index contributed by atoms with van der Waals surface area (Å²) in [6, 6.07) is 7.83. The van der Waals surface area contributed by atoms with Crippen LogP contribution in [-0.4, -0.2) is 11.9 Å². The number of rotatable bonds is 4. The van der Waals surface area contributed by atoms with Crippen LogP contribution in [0.1, 0.15) is 38.2 Å². The summed E-state index contributed by atoms with van der Waals surface area (Å²) in [5.74, 6) is 0.640. The van der Waals surface area contributed by atoms with Gasteiger partial charge in [-0.2, -0.15) is 0 Å². The van der Waals surface area contributed by atoms with Crippen LogP contribution in [0.4, 0.5) is 5.69 Å². The Kier molecular flexibility index (Phi) is 3.36. The van der Waals surface area contributed by atoms with Gasteiger partial charge in [0.25, 0.3) is 0 Å². The van der Waals surface area contributed by atoms with E-state index in [0.717, 1.165) is 5.56 Å². The monoisotopic (exact) mass is 232 g/mol. The molecule has 1 aliphatic carbocycles. The summed E-state index contributed by atoms with van der Waals surface area (Å²) >= 11 is 0. The van der Waals surface area contributed by atoms with E-state index in [-0.39, 0.29) is 11.8 Å². The van der Waals surface area contributed by atoms with Crippen LogP contribution in [-0.2, 0) is 4.79 Å². The van der Waals surface area contributed by atoms with Gasteiger partial charge in [0.05, 0.1) is 5.92 Å². The molecule has 3 heteroatoms. The van der Waals surface area contributed by atoms with Crippen molar-refractivity contribution >= 4 is 11.6 Å². The second kappa shape index (κ2) is 4.78. The maximum Gasteiger partial charge on any atom is 0.227 e. The number of nitrogens with two attached hydrogens (primary N) is 1. The highest BCUT2D eigenvalue weighted by atomic mass is 16.1. The lowest BCUT2D eigenvalue weighted by atomic mass is 9.99. The smallest absolute Gasteiger partial charge is 0.227 e. The van der Waals surface area contributed by atoms with Gasteiger partial charge in [0, 0.05) is 11.7 Å².